The van der Waals surface area contributed by atoms with Crippen LogP contribution in [0.3, 0.4) is 0 Å². The minimum atomic E-state index is 0.476. The molecular formula is C15H15ClN2O. The molecule has 0 atom stereocenters. The summed E-state index contributed by atoms with van der Waals surface area (Å²) in [5, 5.41) is 0. The van der Waals surface area contributed by atoms with E-state index in [2.05, 4.69) is 4.98 Å². The van der Waals surface area contributed by atoms with Gasteiger partial charge in [-0.3, -0.25) is 0 Å². The molecule has 0 bridgehead atoms. The van der Waals surface area contributed by atoms with Crippen molar-refractivity contribution in [2.75, 3.05) is 7.11 Å². The van der Waals surface area contributed by atoms with Crippen molar-refractivity contribution in [3.63, 3.8) is 0 Å². The molecule has 1 aliphatic carbocycles. The summed E-state index contributed by atoms with van der Waals surface area (Å²) >= 11 is 5.95. The van der Waals surface area contributed by atoms with Crippen molar-refractivity contribution >= 4 is 11.6 Å². The Labute approximate surface area is 117 Å². The zero-order chi connectivity index (χ0) is 13.2. The fourth-order valence-corrected chi connectivity index (χ4v) is 2.34. The summed E-state index contributed by atoms with van der Waals surface area (Å²) in [6, 6.07) is 7.81. The van der Waals surface area contributed by atoms with Crippen molar-refractivity contribution in [2.45, 2.75) is 24.6 Å². The van der Waals surface area contributed by atoms with Gasteiger partial charge in [0.25, 0.3) is 0 Å². The Bertz CT molecular complexity index is 596. The summed E-state index contributed by atoms with van der Waals surface area (Å²) in [4.78, 5) is 9.11. The Morgan fingerprint density at radius 2 is 2.21 bits per heavy atom. The van der Waals surface area contributed by atoms with Crippen molar-refractivity contribution in [2.24, 2.45) is 0 Å². The van der Waals surface area contributed by atoms with E-state index in [1.54, 1.807) is 7.11 Å². The highest BCUT2D eigenvalue weighted by molar-refractivity contribution is 6.17. The lowest BCUT2D eigenvalue weighted by Crippen LogP contribution is -1.99. The van der Waals surface area contributed by atoms with E-state index < -0.39 is 0 Å². The Kier molecular flexibility index (Phi) is 3.38. The molecule has 3 rings (SSSR count). The van der Waals surface area contributed by atoms with E-state index in [4.69, 9.17) is 21.3 Å². The van der Waals surface area contributed by atoms with Gasteiger partial charge in [0, 0.05) is 23.2 Å². The van der Waals surface area contributed by atoms with Gasteiger partial charge >= 0.3 is 0 Å². The van der Waals surface area contributed by atoms with Crippen LogP contribution < -0.4 is 4.74 Å². The number of ether oxygens (including phenoxy) is 1. The van der Waals surface area contributed by atoms with Gasteiger partial charge in [-0.25, -0.2) is 9.97 Å². The second-order valence-corrected chi connectivity index (χ2v) is 5.01. The summed E-state index contributed by atoms with van der Waals surface area (Å²) in [6.45, 7) is 0. The molecule has 3 nitrogen and oxygen atoms in total. The van der Waals surface area contributed by atoms with E-state index in [1.807, 2.05) is 30.5 Å². The second kappa shape index (κ2) is 5.17. The van der Waals surface area contributed by atoms with Crippen LogP contribution in [0.25, 0.3) is 11.4 Å². The third-order valence-electron chi connectivity index (χ3n) is 3.33. The zero-order valence-corrected chi connectivity index (χ0v) is 11.5. The molecule has 0 aliphatic heterocycles. The maximum absolute atomic E-state index is 5.95. The summed E-state index contributed by atoms with van der Waals surface area (Å²) in [5.74, 6) is 2.61. The van der Waals surface area contributed by atoms with Crippen molar-refractivity contribution in [3.05, 3.63) is 41.7 Å². The molecular weight excluding hydrogens is 260 g/mol. The third kappa shape index (κ3) is 2.56. The van der Waals surface area contributed by atoms with E-state index >= 15 is 0 Å². The van der Waals surface area contributed by atoms with Crippen LogP contribution in [0.5, 0.6) is 5.75 Å². The minimum absolute atomic E-state index is 0.476. The number of aromatic nitrogens is 2. The predicted octanol–water partition coefficient (Wildman–Crippen LogP) is 3.77. The normalized spacial score (nSPS) is 14.4. The lowest BCUT2D eigenvalue weighted by molar-refractivity contribution is 0.415. The molecule has 1 heterocycles. The predicted molar refractivity (Wildman–Crippen MR) is 75.6 cm³/mol. The number of halogens is 1. The standard InChI is InChI=1S/C15H15ClN2O/c1-19-13-4-2-3-11(7-13)15-17-9-12(8-16)14(18-15)10-5-6-10/h2-4,7,9-10H,5-6,8H2,1H3. The average Bonchev–Trinajstić information content (AvgIpc) is 3.31. The molecule has 0 spiro atoms. The van der Waals surface area contributed by atoms with Crippen molar-refractivity contribution in [1.29, 1.82) is 0 Å². The van der Waals surface area contributed by atoms with Gasteiger partial charge in [0.2, 0.25) is 0 Å². The second-order valence-electron chi connectivity index (χ2n) is 4.74. The monoisotopic (exact) mass is 274 g/mol. The van der Waals surface area contributed by atoms with E-state index in [0.717, 1.165) is 28.4 Å². The van der Waals surface area contributed by atoms with Gasteiger partial charge in [0.05, 0.1) is 18.7 Å². The van der Waals surface area contributed by atoms with E-state index in [9.17, 15) is 0 Å². The summed E-state index contributed by atoms with van der Waals surface area (Å²) < 4.78 is 5.23. The molecule has 1 fully saturated rings. The van der Waals surface area contributed by atoms with Crippen molar-refractivity contribution < 1.29 is 4.74 Å². The summed E-state index contributed by atoms with van der Waals surface area (Å²) in [7, 11) is 1.66. The first kappa shape index (κ1) is 12.4. The molecule has 0 N–H and O–H groups in total. The van der Waals surface area contributed by atoms with Gasteiger partial charge in [0.15, 0.2) is 5.82 Å². The Balaban J connectivity index is 2.02. The van der Waals surface area contributed by atoms with Crippen LogP contribution in [0.15, 0.2) is 30.5 Å². The molecule has 0 radical (unpaired) electrons. The van der Waals surface area contributed by atoms with Gasteiger partial charge in [-0.05, 0) is 25.0 Å². The number of hydrogen-bond donors (Lipinski definition) is 0. The molecule has 1 aliphatic rings. The topological polar surface area (TPSA) is 35.0 Å². The number of rotatable bonds is 4. The molecule has 0 unspecified atom stereocenters. The van der Waals surface area contributed by atoms with Crippen LogP contribution in [0, 0.1) is 0 Å². The largest absolute Gasteiger partial charge is 0.497 e. The average molecular weight is 275 g/mol. The number of benzene rings is 1. The van der Waals surface area contributed by atoms with Crippen LogP contribution in [0.2, 0.25) is 0 Å². The Morgan fingerprint density at radius 1 is 1.37 bits per heavy atom. The van der Waals surface area contributed by atoms with E-state index in [0.29, 0.717) is 11.8 Å². The molecule has 2 aromatic rings. The molecule has 19 heavy (non-hydrogen) atoms. The van der Waals surface area contributed by atoms with E-state index in [1.165, 1.54) is 12.8 Å². The highest BCUT2D eigenvalue weighted by Crippen LogP contribution is 2.41. The lowest BCUT2D eigenvalue weighted by atomic mass is 10.1. The van der Waals surface area contributed by atoms with Gasteiger partial charge in [-0.2, -0.15) is 0 Å². The molecule has 4 heteroatoms. The van der Waals surface area contributed by atoms with Gasteiger partial charge in [0.1, 0.15) is 5.75 Å². The number of nitrogens with zero attached hydrogens (tertiary/aromatic N) is 2. The molecule has 1 aromatic heterocycles. The fourth-order valence-electron chi connectivity index (χ4n) is 2.13. The first-order valence-corrected chi connectivity index (χ1v) is 6.91. The Hall–Kier alpha value is -1.61. The molecule has 98 valence electrons. The van der Waals surface area contributed by atoms with Gasteiger partial charge < -0.3 is 4.74 Å². The summed E-state index contributed by atoms with van der Waals surface area (Å²) in [5.41, 5.74) is 3.14. The lowest BCUT2D eigenvalue weighted by Gasteiger charge is -2.08. The fraction of sp³-hybridized carbons (Fsp3) is 0.333. The first-order valence-electron chi connectivity index (χ1n) is 6.38. The van der Waals surface area contributed by atoms with Crippen LogP contribution in [-0.4, -0.2) is 17.1 Å². The Morgan fingerprint density at radius 3 is 2.89 bits per heavy atom. The van der Waals surface area contributed by atoms with Crippen molar-refractivity contribution in [1.82, 2.24) is 9.97 Å². The molecule has 0 saturated heterocycles. The SMILES string of the molecule is COc1cccc(-c2ncc(CCl)c(C3CC3)n2)c1. The van der Waals surface area contributed by atoms with Gasteiger partial charge in [-0.1, -0.05) is 12.1 Å². The van der Waals surface area contributed by atoms with Crippen LogP contribution in [-0.2, 0) is 5.88 Å². The van der Waals surface area contributed by atoms with Crippen molar-refractivity contribution in [3.8, 4) is 17.1 Å². The van der Waals surface area contributed by atoms with Crippen LogP contribution >= 0.6 is 11.6 Å². The third-order valence-corrected chi connectivity index (χ3v) is 3.62. The quantitative estimate of drug-likeness (QED) is 0.796. The highest BCUT2D eigenvalue weighted by Gasteiger charge is 2.28. The number of alkyl halides is 1. The minimum Gasteiger partial charge on any atom is -0.497 e. The van der Waals surface area contributed by atoms with Crippen LogP contribution in [0.1, 0.15) is 30.0 Å². The smallest absolute Gasteiger partial charge is 0.159 e. The summed E-state index contributed by atoms with van der Waals surface area (Å²) in [6.07, 6.45) is 4.26. The molecule has 0 amide bonds. The highest BCUT2D eigenvalue weighted by atomic mass is 35.5. The first-order chi connectivity index (χ1) is 9.31. The number of methoxy groups -OCH3 is 1. The molecule has 1 saturated carbocycles. The zero-order valence-electron chi connectivity index (χ0n) is 10.8. The molecule has 1 aromatic carbocycles. The van der Waals surface area contributed by atoms with Gasteiger partial charge in [-0.15, -0.1) is 11.6 Å². The maximum atomic E-state index is 5.95. The number of hydrogen-bond acceptors (Lipinski definition) is 3. The maximum Gasteiger partial charge on any atom is 0.159 e. The van der Waals surface area contributed by atoms with Crippen LogP contribution in [0.4, 0.5) is 0 Å². The van der Waals surface area contributed by atoms with E-state index in [-0.39, 0.29) is 0 Å².